The standard InChI is InChI=1S/C10H12N8O3/c1-5(9-14-16-17-15-9)12-10(19)6-3-2-4-7(18(20)21)8(6)13-11/h2-5,13H,11H2,1H3,(H,12,19)(H,14,15,16,17). The lowest BCUT2D eigenvalue weighted by Gasteiger charge is -2.12. The highest BCUT2D eigenvalue weighted by Crippen LogP contribution is 2.27. The van der Waals surface area contributed by atoms with Crippen LogP contribution in [0.4, 0.5) is 11.4 Å². The van der Waals surface area contributed by atoms with Crippen molar-refractivity contribution in [3.8, 4) is 0 Å². The summed E-state index contributed by atoms with van der Waals surface area (Å²) in [6.07, 6.45) is 0. The molecule has 110 valence electrons. The number of carbonyl (C=O) groups excluding carboxylic acids is 1. The molecule has 5 N–H and O–H groups in total. The Morgan fingerprint density at radius 2 is 2.29 bits per heavy atom. The van der Waals surface area contributed by atoms with Crippen molar-refractivity contribution in [3.05, 3.63) is 39.7 Å². The van der Waals surface area contributed by atoms with Crippen molar-refractivity contribution in [2.75, 3.05) is 5.43 Å². The first-order chi connectivity index (χ1) is 10.0. The second kappa shape index (κ2) is 5.92. The average molecular weight is 292 g/mol. The Labute approximate surface area is 118 Å². The van der Waals surface area contributed by atoms with Gasteiger partial charge in [-0.1, -0.05) is 11.3 Å². The summed E-state index contributed by atoms with van der Waals surface area (Å²) in [5.41, 5.74) is 1.86. The number of carbonyl (C=O) groups is 1. The number of hydrogen-bond acceptors (Lipinski definition) is 8. The van der Waals surface area contributed by atoms with Gasteiger partial charge in [-0.2, -0.15) is 5.21 Å². The molecule has 2 rings (SSSR count). The highest BCUT2D eigenvalue weighted by atomic mass is 16.6. The quantitative estimate of drug-likeness (QED) is 0.336. The van der Waals surface area contributed by atoms with E-state index in [2.05, 4.69) is 31.4 Å². The number of hydrazine groups is 1. The summed E-state index contributed by atoms with van der Waals surface area (Å²) < 4.78 is 0. The number of nitrogens with one attached hydrogen (secondary N) is 3. The number of nitrogens with two attached hydrogens (primary N) is 1. The molecule has 1 aromatic carbocycles. The number of nitrogens with zero attached hydrogens (tertiary/aromatic N) is 4. The van der Waals surface area contributed by atoms with Crippen LogP contribution in [0.5, 0.6) is 0 Å². The summed E-state index contributed by atoms with van der Waals surface area (Å²) in [5, 5.41) is 26.6. The monoisotopic (exact) mass is 292 g/mol. The van der Waals surface area contributed by atoms with E-state index in [0.29, 0.717) is 0 Å². The number of nitro benzene ring substituents is 1. The number of aromatic amines is 1. The summed E-state index contributed by atoms with van der Waals surface area (Å²) in [7, 11) is 0. The number of hydrogen-bond donors (Lipinski definition) is 4. The maximum atomic E-state index is 12.2. The minimum atomic E-state index is -0.630. The first kappa shape index (κ1) is 14.3. The van der Waals surface area contributed by atoms with Gasteiger partial charge < -0.3 is 10.7 Å². The van der Waals surface area contributed by atoms with Crippen LogP contribution in [0.15, 0.2) is 18.2 Å². The minimum Gasteiger partial charge on any atom is -0.342 e. The van der Waals surface area contributed by atoms with E-state index in [1.165, 1.54) is 18.2 Å². The van der Waals surface area contributed by atoms with Crippen molar-refractivity contribution >= 4 is 17.3 Å². The molecule has 11 heteroatoms. The van der Waals surface area contributed by atoms with Crippen LogP contribution < -0.4 is 16.6 Å². The van der Waals surface area contributed by atoms with Gasteiger partial charge in [0.1, 0.15) is 5.69 Å². The van der Waals surface area contributed by atoms with Gasteiger partial charge in [-0.15, -0.1) is 10.2 Å². The zero-order chi connectivity index (χ0) is 15.4. The van der Waals surface area contributed by atoms with Gasteiger partial charge in [0.05, 0.1) is 16.5 Å². The lowest BCUT2D eigenvalue weighted by atomic mass is 10.1. The number of tetrazole rings is 1. The Bertz CT molecular complexity index is 656. The zero-order valence-electron chi connectivity index (χ0n) is 10.9. The number of amides is 1. The fraction of sp³-hybridized carbons (Fsp3) is 0.200. The zero-order valence-corrected chi connectivity index (χ0v) is 10.9. The van der Waals surface area contributed by atoms with E-state index in [0.717, 1.165) is 0 Å². The summed E-state index contributed by atoms with van der Waals surface area (Å²) in [5.74, 6) is 5.01. The molecule has 0 aliphatic heterocycles. The van der Waals surface area contributed by atoms with Crippen LogP contribution >= 0.6 is 0 Å². The lowest BCUT2D eigenvalue weighted by Crippen LogP contribution is -2.29. The van der Waals surface area contributed by atoms with Crippen LogP contribution in [0.2, 0.25) is 0 Å². The molecule has 0 fully saturated rings. The average Bonchev–Trinajstić information content (AvgIpc) is 3.00. The number of benzene rings is 1. The van der Waals surface area contributed by atoms with Gasteiger partial charge in [-0.3, -0.25) is 20.8 Å². The number of para-hydroxylation sites is 1. The molecule has 1 atom stereocenters. The molecule has 0 saturated carbocycles. The molecule has 0 radical (unpaired) electrons. The first-order valence-electron chi connectivity index (χ1n) is 5.82. The van der Waals surface area contributed by atoms with Crippen LogP contribution in [0.1, 0.15) is 29.1 Å². The van der Waals surface area contributed by atoms with Gasteiger partial charge in [0.2, 0.25) is 0 Å². The van der Waals surface area contributed by atoms with Crippen molar-refractivity contribution in [3.63, 3.8) is 0 Å². The molecule has 0 bridgehead atoms. The Kier molecular flexibility index (Phi) is 4.04. The van der Waals surface area contributed by atoms with Crippen molar-refractivity contribution in [2.24, 2.45) is 5.84 Å². The highest BCUT2D eigenvalue weighted by molar-refractivity contribution is 6.01. The van der Waals surface area contributed by atoms with Crippen molar-refractivity contribution in [1.29, 1.82) is 0 Å². The molecule has 1 amide bonds. The van der Waals surface area contributed by atoms with E-state index in [9.17, 15) is 14.9 Å². The van der Waals surface area contributed by atoms with E-state index >= 15 is 0 Å². The van der Waals surface area contributed by atoms with Crippen LogP contribution in [0, 0.1) is 10.1 Å². The van der Waals surface area contributed by atoms with E-state index in [1.807, 2.05) is 0 Å². The minimum absolute atomic E-state index is 0.0436. The predicted octanol–water partition coefficient (Wildman–Crippen LogP) is -0.116. The second-order valence-electron chi connectivity index (χ2n) is 4.07. The van der Waals surface area contributed by atoms with Crippen molar-refractivity contribution < 1.29 is 9.72 Å². The van der Waals surface area contributed by atoms with Gasteiger partial charge in [-0.25, -0.2) is 0 Å². The highest BCUT2D eigenvalue weighted by Gasteiger charge is 2.22. The number of nitrogen functional groups attached to an aromatic ring is 1. The van der Waals surface area contributed by atoms with Gasteiger partial charge in [0, 0.05) is 6.07 Å². The summed E-state index contributed by atoms with van der Waals surface area (Å²) in [6, 6.07) is 3.53. The van der Waals surface area contributed by atoms with E-state index in [4.69, 9.17) is 5.84 Å². The van der Waals surface area contributed by atoms with Crippen LogP contribution in [0.3, 0.4) is 0 Å². The van der Waals surface area contributed by atoms with Crippen LogP contribution in [-0.4, -0.2) is 31.5 Å². The summed E-state index contributed by atoms with van der Waals surface area (Å²) in [4.78, 5) is 22.5. The molecule has 1 aromatic heterocycles. The lowest BCUT2D eigenvalue weighted by molar-refractivity contribution is -0.384. The Morgan fingerprint density at radius 1 is 1.52 bits per heavy atom. The summed E-state index contributed by atoms with van der Waals surface area (Å²) in [6.45, 7) is 1.65. The normalized spacial score (nSPS) is 11.7. The van der Waals surface area contributed by atoms with Gasteiger partial charge in [0.15, 0.2) is 5.82 Å². The number of nitro groups is 1. The Balaban J connectivity index is 2.27. The molecule has 0 spiro atoms. The Morgan fingerprint density at radius 3 is 2.86 bits per heavy atom. The fourth-order valence-corrected chi connectivity index (χ4v) is 1.73. The molecular formula is C10H12N8O3. The smallest absolute Gasteiger partial charge is 0.294 e. The van der Waals surface area contributed by atoms with Crippen molar-refractivity contribution in [1.82, 2.24) is 25.9 Å². The van der Waals surface area contributed by atoms with E-state index in [1.54, 1.807) is 6.92 Å². The predicted molar refractivity (Wildman–Crippen MR) is 71.0 cm³/mol. The molecule has 11 nitrogen and oxygen atoms in total. The van der Waals surface area contributed by atoms with Crippen LogP contribution in [-0.2, 0) is 0 Å². The van der Waals surface area contributed by atoms with E-state index < -0.39 is 16.9 Å². The number of rotatable bonds is 5. The van der Waals surface area contributed by atoms with Gasteiger partial charge in [-0.05, 0) is 13.0 Å². The topological polar surface area (TPSA) is 165 Å². The molecule has 0 saturated heterocycles. The second-order valence-corrected chi connectivity index (χ2v) is 4.07. The van der Waals surface area contributed by atoms with E-state index in [-0.39, 0.29) is 22.8 Å². The maximum absolute atomic E-state index is 12.2. The fourth-order valence-electron chi connectivity index (χ4n) is 1.73. The first-order valence-corrected chi connectivity index (χ1v) is 5.82. The molecule has 0 aliphatic rings. The van der Waals surface area contributed by atoms with Gasteiger partial charge >= 0.3 is 0 Å². The Hall–Kier alpha value is -3.08. The number of anilines is 1. The third-order valence-electron chi connectivity index (χ3n) is 2.72. The summed E-state index contributed by atoms with van der Waals surface area (Å²) >= 11 is 0. The molecule has 1 unspecified atom stereocenters. The van der Waals surface area contributed by atoms with Crippen LogP contribution in [0.25, 0.3) is 0 Å². The number of aromatic nitrogens is 4. The third-order valence-corrected chi connectivity index (χ3v) is 2.72. The largest absolute Gasteiger partial charge is 0.342 e. The number of H-pyrrole nitrogens is 1. The molecule has 21 heavy (non-hydrogen) atoms. The SMILES string of the molecule is CC(NC(=O)c1cccc([N+](=O)[O-])c1NN)c1nn[nH]n1. The maximum Gasteiger partial charge on any atom is 0.294 e. The van der Waals surface area contributed by atoms with Gasteiger partial charge in [0.25, 0.3) is 11.6 Å². The van der Waals surface area contributed by atoms with Crippen molar-refractivity contribution in [2.45, 2.75) is 13.0 Å². The molecule has 1 heterocycles. The third kappa shape index (κ3) is 2.92. The molecule has 0 aliphatic carbocycles. The molecule has 2 aromatic rings. The molecular weight excluding hydrogens is 280 g/mol.